The van der Waals surface area contributed by atoms with Crippen LogP contribution in [0.4, 0.5) is 5.82 Å². The maximum atomic E-state index is 11.8. The van der Waals surface area contributed by atoms with Crippen molar-refractivity contribution in [2.24, 2.45) is 7.05 Å². The minimum absolute atomic E-state index is 0.298. The fourth-order valence-electron chi connectivity index (χ4n) is 3.04. The number of hydrogen-bond donors (Lipinski definition) is 1. The van der Waals surface area contributed by atoms with Crippen LogP contribution in [0.1, 0.15) is 12.0 Å². The van der Waals surface area contributed by atoms with E-state index in [0.29, 0.717) is 15.9 Å². The molecule has 0 atom stereocenters. The van der Waals surface area contributed by atoms with Gasteiger partial charge in [-0.1, -0.05) is 23.2 Å². The largest absolute Gasteiger partial charge is 0.357 e. The minimum Gasteiger partial charge on any atom is -0.357 e. The van der Waals surface area contributed by atoms with Gasteiger partial charge in [0.1, 0.15) is 5.82 Å². The first-order valence-corrected chi connectivity index (χ1v) is 8.90. The van der Waals surface area contributed by atoms with Crippen molar-refractivity contribution in [3.05, 3.63) is 60.7 Å². The molecule has 8 heteroatoms. The molecule has 1 saturated heterocycles. The van der Waals surface area contributed by atoms with Crippen LogP contribution in [0, 0.1) is 0 Å². The molecule has 2 aromatic rings. The Hall–Kier alpha value is -1.76. The lowest BCUT2D eigenvalue weighted by Crippen LogP contribution is -2.37. The van der Waals surface area contributed by atoms with Gasteiger partial charge in [-0.3, -0.25) is 19.2 Å². The zero-order chi connectivity index (χ0) is 18.0. The molecule has 1 aromatic carbocycles. The van der Waals surface area contributed by atoms with Crippen LogP contribution >= 0.6 is 23.2 Å². The van der Waals surface area contributed by atoms with Crippen LogP contribution in [0.3, 0.4) is 0 Å². The molecule has 0 unspecified atom stereocenters. The molecule has 1 fully saturated rings. The highest BCUT2D eigenvalue weighted by Crippen LogP contribution is 2.21. The molecule has 25 heavy (non-hydrogen) atoms. The quantitative estimate of drug-likeness (QED) is 0.882. The van der Waals surface area contributed by atoms with Crippen molar-refractivity contribution in [2.45, 2.75) is 13.0 Å². The Kier molecular flexibility index (Phi) is 5.51. The summed E-state index contributed by atoms with van der Waals surface area (Å²) in [5.41, 5.74) is 0.388. The number of rotatable bonds is 3. The van der Waals surface area contributed by atoms with Crippen molar-refractivity contribution in [3.8, 4) is 0 Å². The summed E-state index contributed by atoms with van der Waals surface area (Å²) < 4.78 is 1.07. The zero-order valence-electron chi connectivity index (χ0n) is 14.0. The standard InChI is InChI=1S/C17H20Cl2N4O2/c1-21-16(24)10-15(20-17(21)25)23-4-2-3-22(5-6-23)11-12-7-13(18)9-14(19)8-12/h7-10H,2-6,11H2,1H3,(H,20,25). The number of nitrogens with one attached hydrogen (secondary N) is 1. The van der Waals surface area contributed by atoms with Crippen LogP contribution in [-0.2, 0) is 13.6 Å². The number of aromatic amines is 1. The Morgan fingerprint density at radius 2 is 1.72 bits per heavy atom. The number of anilines is 1. The van der Waals surface area contributed by atoms with Crippen molar-refractivity contribution < 1.29 is 0 Å². The molecular weight excluding hydrogens is 363 g/mol. The second kappa shape index (κ2) is 7.64. The van der Waals surface area contributed by atoms with Crippen molar-refractivity contribution in [2.75, 3.05) is 31.1 Å². The van der Waals surface area contributed by atoms with Gasteiger partial charge in [0.2, 0.25) is 0 Å². The van der Waals surface area contributed by atoms with Gasteiger partial charge in [-0.25, -0.2) is 4.79 Å². The maximum absolute atomic E-state index is 11.8. The third-order valence-corrected chi connectivity index (χ3v) is 4.82. The molecule has 0 amide bonds. The van der Waals surface area contributed by atoms with Crippen molar-refractivity contribution in [3.63, 3.8) is 0 Å². The van der Waals surface area contributed by atoms with Gasteiger partial charge in [0.05, 0.1) is 0 Å². The van der Waals surface area contributed by atoms with Gasteiger partial charge in [-0.2, -0.15) is 0 Å². The molecule has 0 bridgehead atoms. The average molecular weight is 383 g/mol. The molecule has 3 rings (SSSR count). The maximum Gasteiger partial charge on any atom is 0.329 e. The smallest absolute Gasteiger partial charge is 0.329 e. The van der Waals surface area contributed by atoms with E-state index < -0.39 is 5.69 Å². The van der Waals surface area contributed by atoms with Crippen molar-refractivity contribution in [1.29, 1.82) is 0 Å². The summed E-state index contributed by atoms with van der Waals surface area (Å²) in [7, 11) is 1.46. The second-order valence-corrected chi connectivity index (χ2v) is 7.12. The number of H-pyrrole nitrogens is 1. The minimum atomic E-state index is -0.392. The van der Waals surface area contributed by atoms with E-state index in [1.807, 2.05) is 17.0 Å². The summed E-state index contributed by atoms with van der Waals surface area (Å²) >= 11 is 12.1. The molecule has 2 heterocycles. The summed E-state index contributed by atoms with van der Waals surface area (Å²) in [6, 6.07) is 7.06. The van der Waals surface area contributed by atoms with Crippen molar-refractivity contribution >= 4 is 29.0 Å². The molecule has 0 saturated carbocycles. The molecule has 0 aliphatic carbocycles. The zero-order valence-corrected chi connectivity index (χ0v) is 15.5. The van der Waals surface area contributed by atoms with E-state index in [9.17, 15) is 9.59 Å². The molecule has 1 aliphatic rings. The molecule has 6 nitrogen and oxygen atoms in total. The molecule has 0 radical (unpaired) electrons. The molecule has 134 valence electrons. The summed E-state index contributed by atoms with van der Waals surface area (Å²) in [4.78, 5) is 30.8. The normalized spacial score (nSPS) is 16.0. The predicted molar refractivity (Wildman–Crippen MR) is 101 cm³/mol. The number of aromatic nitrogens is 2. The van der Waals surface area contributed by atoms with Crippen LogP contribution in [0.2, 0.25) is 10.0 Å². The van der Waals surface area contributed by atoms with Gasteiger partial charge in [-0.05, 0) is 30.2 Å². The van der Waals surface area contributed by atoms with Crippen LogP contribution < -0.4 is 16.1 Å². The lowest BCUT2D eigenvalue weighted by Gasteiger charge is -2.23. The Bertz CT molecular complexity index is 826. The third-order valence-electron chi connectivity index (χ3n) is 4.39. The highest BCUT2D eigenvalue weighted by molar-refractivity contribution is 6.34. The number of hydrogen-bond acceptors (Lipinski definition) is 4. The van der Waals surface area contributed by atoms with Crippen molar-refractivity contribution in [1.82, 2.24) is 14.5 Å². The van der Waals surface area contributed by atoms with Crippen LogP contribution in [0.15, 0.2) is 33.9 Å². The van der Waals surface area contributed by atoms with Gasteiger partial charge < -0.3 is 4.90 Å². The van der Waals surface area contributed by atoms with Crippen LogP contribution in [0.5, 0.6) is 0 Å². The number of halogens is 2. The number of nitrogens with zero attached hydrogens (tertiary/aromatic N) is 3. The Morgan fingerprint density at radius 1 is 1.00 bits per heavy atom. The molecule has 0 spiro atoms. The molecule has 1 aliphatic heterocycles. The van der Waals surface area contributed by atoms with Gasteiger partial charge in [0.25, 0.3) is 5.56 Å². The van der Waals surface area contributed by atoms with Crippen LogP contribution in [-0.4, -0.2) is 40.6 Å². The second-order valence-electron chi connectivity index (χ2n) is 6.25. The van der Waals surface area contributed by atoms with E-state index in [2.05, 4.69) is 9.88 Å². The summed E-state index contributed by atoms with van der Waals surface area (Å²) in [6.07, 6.45) is 0.936. The Balaban J connectivity index is 1.70. The first-order valence-electron chi connectivity index (χ1n) is 8.15. The Labute approximate surface area is 155 Å². The first-order chi connectivity index (χ1) is 11.9. The van der Waals surface area contributed by atoms with E-state index in [1.165, 1.54) is 13.1 Å². The molecule has 1 N–H and O–H groups in total. The Morgan fingerprint density at radius 3 is 2.40 bits per heavy atom. The SMILES string of the molecule is Cn1c(=O)cc(N2CCCN(Cc3cc(Cl)cc(Cl)c3)CC2)[nH]c1=O. The van der Waals surface area contributed by atoms with E-state index >= 15 is 0 Å². The summed E-state index contributed by atoms with van der Waals surface area (Å²) in [5.74, 6) is 0.584. The van der Waals surface area contributed by atoms with Gasteiger partial charge in [0.15, 0.2) is 0 Å². The van der Waals surface area contributed by atoms with Gasteiger partial charge in [-0.15, -0.1) is 0 Å². The number of benzene rings is 1. The van der Waals surface area contributed by atoms with Crippen LogP contribution in [0.25, 0.3) is 0 Å². The molecule has 1 aromatic heterocycles. The lowest BCUT2D eigenvalue weighted by atomic mass is 10.2. The van der Waals surface area contributed by atoms with E-state index in [0.717, 1.165) is 49.3 Å². The highest BCUT2D eigenvalue weighted by Gasteiger charge is 2.17. The van der Waals surface area contributed by atoms with E-state index in [1.54, 1.807) is 6.07 Å². The fourth-order valence-corrected chi connectivity index (χ4v) is 3.62. The average Bonchev–Trinajstić information content (AvgIpc) is 2.77. The third kappa shape index (κ3) is 4.45. The summed E-state index contributed by atoms with van der Waals surface area (Å²) in [5, 5.41) is 1.27. The topological polar surface area (TPSA) is 61.3 Å². The van der Waals surface area contributed by atoms with E-state index in [4.69, 9.17) is 23.2 Å². The summed E-state index contributed by atoms with van der Waals surface area (Å²) in [6.45, 7) is 4.03. The molecular formula is C17H20Cl2N4O2. The first kappa shape index (κ1) is 18.0. The highest BCUT2D eigenvalue weighted by atomic mass is 35.5. The lowest BCUT2D eigenvalue weighted by molar-refractivity contribution is 0.285. The predicted octanol–water partition coefficient (Wildman–Crippen LogP) is 2.09. The fraction of sp³-hybridized carbons (Fsp3) is 0.412. The van der Waals surface area contributed by atoms with E-state index in [-0.39, 0.29) is 5.56 Å². The van der Waals surface area contributed by atoms with Gasteiger partial charge >= 0.3 is 5.69 Å². The monoisotopic (exact) mass is 382 g/mol. The van der Waals surface area contributed by atoms with Gasteiger partial charge in [0, 0.05) is 55.9 Å².